The maximum Gasteiger partial charge on any atom is 0.365 e. The summed E-state index contributed by atoms with van der Waals surface area (Å²) in [6.07, 6.45) is 0.0274. The number of alkyl halides is 1. The quantitative estimate of drug-likeness (QED) is 0.729. The van der Waals surface area contributed by atoms with Gasteiger partial charge in [-0.15, -0.1) is 11.3 Å². The molecule has 1 unspecified atom stereocenters. The Morgan fingerprint density at radius 1 is 1.75 bits per heavy atom. The number of fused-ring (bicyclic) bond motifs is 1. The smallest absolute Gasteiger partial charge is 0.365 e. The summed E-state index contributed by atoms with van der Waals surface area (Å²) in [5, 5.41) is 8.56. The molecule has 0 saturated carbocycles. The third-order valence-corrected chi connectivity index (χ3v) is 3.00. The molecular weight excluding hydrogens is 181 g/mol. The molecule has 0 radical (unpaired) electrons. The molecule has 5 heteroatoms. The molecule has 3 nitrogen and oxygen atoms in total. The van der Waals surface area contributed by atoms with Crippen molar-refractivity contribution in [3.63, 3.8) is 0 Å². The van der Waals surface area contributed by atoms with Crippen LogP contribution in [0.3, 0.4) is 0 Å². The monoisotopic (exact) mass is 187 g/mol. The average Bonchev–Trinajstić information content (AvgIpc) is 2.53. The standard InChI is InChI=1S/C7H6FNO2S/c8-3-1-2-4-5(3)12-6(9-4)7(10)11/h3H,1-2H2,(H,10,11). The zero-order valence-electron chi connectivity index (χ0n) is 6.08. The fourth-order valence-corrected chi connectivity index (χ4v) is 2.24. The number of hydrogen-bond acceptors (Lipinski definition) is 3. The van der Waals surface area contributed by atoms with Crippen molar-refractivity contribution >= 4 is 17.3 Å². The molecule has 1 N–H and O–H groups in total. The molecule has 0 aromatic carbocycles. The molecule has 0 spiro atoms. The third-order valence-electron chi connectivity index (χ3n) is 1.83. The number of carbonyl (C=O) groups is 1. The Kier molecular flexibility index (Phi) is 1.61. The van der Waals surface area contributed by atoms with E-state index < -0.39 is 12.1 Å². The first-order chi connectivity index (χ1) is 5.68. The molecule has 1 aliphatic carbocycles. The van der Waals surface area contributed by atoms with Gasteiger partial charge in [0, 0.05) is 0 Å². The number of thiazole rings is 1. The molecule has 1 heterocycles. The largest absolute Gasteiger partial charge is 0.476 e. The normalized spacial score (nSPS) is 20.9. The van der Waals surface area contributed by atoms with E-state index in [1.54, 1.807) is 0 Å². The van der Waals surface area contributed by atoms with Gasteiger partial charge in [0.15, 0.2) is 0 Å². The maximum absolute atomic E-state index is 13.0. The van der Waals surface area contributed by atoms with Crippen LogP contribution in [0.25, 0.3) is 0 Å². The molecule has 0 saturated heterocycles. The molecule has 12 heavy (non-hydrogen) atoms. The Morgan fingerprint density at radius 2 is 2.50 bits per heavy atom. The van der Waals surface area contributed by atoms with Crippen molar-refractivity contribution in [2.24, 2.45) is 0 Å². The molecule has 64 valence electrons. The zero-order valence-corrected chi connectivity index (χ0v) is 6.90. The van der Waals surface area contributed by atoms with E-state index in [0.717, 1.165) is 11.3 Å². The van der Waals surface area contributed by atoms with Gasteiger partial charge in [-0.05, 0) is 12.8 Å². The van der Waals surface area contributed by atoms with Crippen molar-refractivity contribution in [3.05, 3.63) is 15.6 Å². The lowest BCUT2D eigenvalue weighted by molar-refractivity contribution is 0.0696. The second-order valence-electron chi connectivity index (χ2n) is 2.64. The van der Waals surface area contributed by atoms with E-state index in [2.05, 4.69) is 4.98 Å². The number of aryl methyl sites for hydroxylation is 1. The van der Waals surface area contributed by atoms with Crippen LogP contribution in [0, 0.1) is 0 Å². The van der Waals surface area contributed by atoms with Gasteiger partial charge in [-0.1, -0.05) is 0 Å². The van der Waals surface area contributed by atoms with Crippen LogP contribution in [-0.4, -0.2) is 16.1 Å². The van der Waals surface area contributed by atoms with Crippen LogP contribution in [-0.2, 0) is 6.42 Å². The van der Waals surface area contributed by atoms with E-state index in [0.29, 0.717) is 23.4 Å². The van der Waals surface area contributed by atoms with Gasteiger partial charge in [0.25, 0.3) is 0 Å². The summed E-state index contributed by atoms with van der Waals surface area (Å²) in [7, 11) is 0. The number of rotatable bonds is 1. The average molecular weight is 187 g/mol. The predicted molar refractivity (Wildman–Crippen MR) is 41.2 cm³/mol. The molecule has 0 aliphatic heterocycles. The van der Waals surface area contributed by atoms with Crippen LogP contribution in [0.15, 0.2) is 0 Å². The summed E-state index contributed by atoms with van der Waals surface area (Å²) in [6.45, 7) is 0. The minimum atomic E-state index is -1.07. The van der Waals surface area contributed by atoms with Crippen LogP contribution >= 0.6 is 11.3 Å². The first-order valence-corrected chi connectivity index (χ1v) is 4.37. The van der Waals surface area contributed by atoms with Gasteiger partial charge in [-0.25, -0.2) is 14.2 Å². The highest BCUT2D eigenvalue weighted by molar-refractivity contribution is 7.13. The van der Waals surface area contributed by atoms with Crippen molar-refractivity contribution in [1.29, 1.82) is 0 Å². The number of halogens is 1. The van der Waals surface area contributed by atoms with Crippen molar-refractivity contribution in [3.8, 4) is 0 Å². The number of aromatic nitrogens is 1. The number of aromatic carboxylic acids is 1. The van der Waals surface area contributed by atoms with Crippen LogP contribution in [0.5, 0.6) is 0 Å². The van der Waals surface area contributed by atoms with Gasteiger partial charge in [0.05, 0.1) is 10.6 Å². The zero-order chi connectivity index (χ0) is 8.72. The highest BCUT2D eigenvalue weighted by atomic mass is 32.1. The van der Waals surface area contributed by atoms with Crippen molar-refractivity contribution in [2.75, 3.05) is 0 Å². The molecule has 1 aromatic rings. The highest BCUT2D eigenvalue weighted by Crippen LogP contribution is 2.37. The van der Waals surface area contributed by atoms with Crippen molar-refractivity contribution < 1.29 is 14.3 Å². The first-order valence-electron chi connectivity index (χ1n) is 3.55. The summed E-state index contributed by atoms with van der Waals surface area (Å²) < 4.78 is 13.0. The molecule has 0 amide bonds. The molecular formula is C7H6FNO2S. The van der Waals surface area contributed by atoms with E-state index >= 15 is 0 Å². The highest BCUT2D eigenvalue weighted by Gasteiger charge is 2.28. The number of carboxylic acids is 1. The summed E-state index contributed by atoms with van der Waals surface area (Å²) in [5.41, 5.74) is 0.630. The fourth-order valence-electron chi connectivity index (χ4n) is 1.27. The van der Waals surface area contributed by atoms with Crippen LogP contribution in [0.4, 0.5) is 4.39 Å². The molecule has 2 rings (SSSR count). The van der Waals surface area contributed by atoms with E-state index in [4.69, 9.17) is 5.11 Å². The fraction of sp³-hybridized carbons (Fsp3) is 0.429. The topological polar surface area (TPSA) is 50.2 Å². The van der Waals surface area contributed by atoms with Gasteiger partial charge < -0.3 is 5.11 Å². The van der Waals surface area contributed by atoms with Crippen LogP contribution < -0.4 is 0 Å². The second kappa shape index (κ2) is 2.52. The van der Waals surface area contributed by atoms with Crippen molar-refractivity contribution in [2.45, 2.75) is 19.0 Å². The Morgan fingerprint density at radius 3 is 3.08 bits per heavy atom. The first kappa shape index (κ1) is 7.67. The Labute approximate surface area is 71.9 Å². The molecule has 1 aromatic heterocycles. The molecule has 1 atom stereocenters. The molecule has 0 bridgehead atoms. The molecule has 0 fully saturated rings. The van der Waals surface area contributed by atoms with E-state index in [-0.39, 0.29) is 5.01 Å². The van der Waals surface area contributed by atoms with Gasteiger partial charge in [0.2, 0.25) is 5.01 Å². The number of carboxylic acid groups (broad SMARTS) is 1. The Hall–Kier alpha value is -0.970. The van der Waals surface area contributed by atoms with Crippen molar-refractivity contribution in [1.82, 2.24) is 4.98 Å². The Bertz CT molecular complexity index is 336. The lowest BCUT2D eigenvalue weighted by Gasteiger charge is -1.91. The lowest BCUT2D eigenvalue weighted by Crippen LogP contribution is -1.95. The predicted octanol–water partition coefficient (Wildman–Crippen LogP) is 1.80. The van der Waals surface area contributed by atoms with Gasteiger partial charge in [0.1, 0.15) is 6.17 Å². The molecule has 1 aliphatic rings. The summed E-state index contributed by atoms with van der Waals surface area (Å²) >= 11 is 0.953. The second-order valence-corrected chi connectivity index (χ2v) is 3.67. The maximum atomic E-state index is 13.0. The third kappa shape index (κ3) is 1.01. The van der Waals surface area contributed by atoms with E-state index in [9.17, 15) is 9.18 Å². The Balaban J connectivity index is 2.43. The minimum Gasteiger partial charge on any atom is -0.476 e. The van der Waals surface area contributed by atoms with Gasteiger partial charge >= 0.3 is 5.97 Å². The summed E-state index contributed by atoms with van der Waals surface area (Å²) in [6, 6.07) is 0. The van der Waals surface area contributed by atoms with E-state index in [1.807, 2.05) is 0 Å². The van der Waals surface area contributed by atoms with Gasteiger partial charge in [-0.2, -0.15) is 0 Å². The summed E-state index contributed by atoms with van der Waals surface area (Å²) in [5.74, 6) is -1.07. The van der Waals surface area contributed by atoms with Gasteiger partial charge in [-0.3, -0.25) is 0 Å². The number of hydrogen-bond donors (Lipinski definition) is 1. The SMILES string of the molecule is O=C(O)c1nc2c(s1)C(F)CC2. The number of nitrogens with zero attached hydrogens (tertiary/aromatic N) is 1. The lowest BCUT2D eigenvalue weighted by atomic mass is 10.3. The summed E-state index contributed by atoms with van der Waals surface area (Å²) in [4.78, 5) is 14.8. The minimum absolute atomic E-state index is 0.00218. The van der Waals surface area contributed by atoms with Crippen LogP contribution in [0.2, 0.25) is 0 Å². The van der Waals surface area contributed by atoms with Crippen LogP contribution in [0.1, 0.15) is 33.0 Å². The van der Waals surface area contributed by atoms with E-state index in [1.165, 1.54) is 0 Å².